The van der Waals surface area contributed by atoms with Crippen LogP contribution in [0.15, 0.2) is 133 Å². The Balaban J connectivity index is 1.51. The fourth-order valence-corrected chi connectivity index (χ4v) is 4.66. The lowest BCUT2D eigenvalue weighted by atomic mass is 9.94. The Morgan fingerprint density at radius 2 is 0.970 bits per heavy atom. The van der Waals surface area contributed by atoms with Crippen molar-refractivity contribution in [3.05, 3.63) is 133 Å². The summed E-state index contributed by atoms with van der Waals surface area (Å²) in [7, 11) is 0. The summed E-state index contributed by atoms with van der Waals surface area (Å²) in [5.74, 6) is 0. The van der Waals surface area contributed by atoms with E-state index >= 15 is 0 Å². The second kappa shape index (κ2) is 8.29. The topological polar surface area (TPSA) is 12.0 Å². The van der Waals surface area contributed by atoms with Crippen LogP contribution in [0.3, 0.4) is 0 Å². The zero-order valence-electron chi connectivity index (χ0n) is 18.2. The molecule has 6 rings (SSSR count). The van der Waals surface area contributed by atoms with Crippen molar-refractivity contribution in [2.45, 2.75) is 0 Å². The van der Waals surface area contributed by atoms with Crippen LogP contribution >= 0.6 is 0 Å². The third kappa shape index (κ3) is 3.64. The minimum Gasteiger partial charge on any atom is -0.355 e. The van der Waals surface area contributed by atoms with E-state index < -0.39 is 0 Å². The SMILES string of the molecule is c1ccc(-c2ccc(Nc3cc4ccccc4c4ccccc34)cc2-c2ccccc2)cc1. The van der Waals surface area contributed by atoms with Gasteiger partial charge < -0.3 is 5.32 Å². The molecule has 0 aromatic heterocycles. The summed E-state index contributed by atoms with van der Waals surface area (Å²) in [6, 6.07) is 47.3. The Morgan fingerprint density at radius 3 is 1.70 bits per heavy atom. The van der Waals surface area contributed by atoms with E-state index in [1.807, 2.05) is 0 Å². The second-order valence-electron chi connectivity index (χ2n) is 8.31. The molecular formula is C32H23N. The molecule has 0 atom stereocenters. The summed E-state index contributed by atoms with van der Waals surface area (Å²) in [5, 5.41) is 8.74. The maximum Gasteiger partial charge on any atom is 0.0470 e. The number of fused-ring (bicyclic) bond motifs is 3. The monoisotopic (exact) mass is 421 g/mol. The molecule has 0 aliphatic rings. The maximum absolute atomic E-state index is 3.73. The van der Waals surface area contributed by atoms with Gasteiger partial charge in [0.1, 0.15) is 0 Å². The van der Waals surface area contributed by atoms with Crippen molar-refractivity contribution in [3.8, 4) is 22.3 Å². The van der Waals surface area contributed by atoms with E-state index in [1.54, 1.807) is 0 Å². The molecule has 0 saturated heterocycles. The van der Waals surface area contributed by atoms with E-state index in [-0.39, 0.29) is 0 Å². The molecule has 0 heterocycles. The summed E-state index contributed by atoms with van der Waals surface area (Å²) in [6.45, 7) is 0. The number of nitrogens with one attached hydrogen (secondary N) is 1. The van der Waals surface area contributed by atoms with Gasteiger partial charge in [-0.15, -0.1) is 0 Å². The molecule has 1 N–H and O–H groups in total. The fourth-order valence-electron chi connectivity index (χ4n) is 4.66. The van der Waals surface area contributed by atoms with Crippen LogP contribution < -0.4 is 5.32 Å². The molecule has 0 amide bonds. The molecular weight excluding hydrogens is 398 g/mol. The standard InChI is InChI=1S/C32H23N/c1-3-11-23(12-4-1)28-20-19-26(22-31(28)24-13-5-2-6-14-24)33-32-21-25-15-7-8-16-27(25)29-17-9-10-18-30(29)32/h1-22,33H. The van der Waals surface area contributed by atoms with Crippen molar-refractivity contribution >= 4 is 32.9 Å². The highest BCUT2D eigenvalue weighted by molar-refractivity contribution is 6.13. The average Bonchev–Trinajstić information content (AvgIpc) is 2.90. The Labute approximate surface area is 194 Å². The smallest absolute Gasteiger partial charge is 0.0470 e. The maximum atomic E-state index is 3.73. The molecule has 1 nitrogen and oxygen atoms in total. The van der Waals surface area contributed by atoms with Crippen molar-refractivity contribution in [2.24, 2.45) is 0 Å². The highest BCUT2D eigenvalue weighted by Crippen LogP contribution is 2.37. The summed E-state index contributed by atoms with van der Waals surface area (Å²) >= 11 is 0. The van der Waals surface area contributed by atoms with Crippen LogP contribution in [0.4, 0.5) is 11.4 Å². The van der Waals surface area contributed by atoms with Gasteiger partial charge >= 0.3 is 0 Å². The highest BCUT2D eigenvalue weighted by Gasteiger charge is 2.11. The first-order valence-corrected chi connectivity index (χ1v) is 11.3. The second-order valence-corrected chi connectivity index (χ2v) is 8.31. The molecule has 6 aromatic rings. The Kier molecular flexibility index (Phi) is 4.86. The lowest BCUT2D eigenvalue weighted by Gasteiger charge is -2.16. The Hall–Kier alpha value is -4.36. The van der Waals surface area contributed by atoms with Gasteiger partial charge in [-0.3, -0.25) is 0 Å². The molecule has 0 saturated carbocycles. The summed E-state index contributed by atoms with van der Waals surface area (Å²) in [4.78, 5) is 0. The van der Waals surface area contributed by atoms with Crippen molar-refractivity contribution in [1.29, 1.82) is 0 Å². The van der Waals surface area contributed by atoms with Gasteiger partial charge in [0.05, 0.1) is 0 Å². The molecule has 1 heteroatoms. The third-order valence-corrected chi connectivity index (χ3v) is 6.24. The number of anilines is 2. The first-order chi connectivity index (χ1) is 16.4. The van der Waals surface area contributed by atoms with Crippen LogP contribution in [0.5, 0.6) is 0 Å². The van der Waals surface area contributed by atoms with E-state index in [9.17, 15) is 0 Å². The Bertz CT molecular complexity index is 1570. The van der Waals surface area contributed by atoms with Gasteiger partial charge in [-0.05, 0) is 56.6 Å². The zero-order chi connectivity index (χ0) is 22.0. The van der Waals surface area contributed by atoms with Crippen LogP contribution in [-0.4, -0.2) is 0 Å². The van der Waals surface area contributed by atoms with Crippen molar-refractivity contribution < 1.29 is 0 Å². The van der Waals surface area contributed by atoms with Crippen LogP contribution in [-0.2, 0) is 0 Å². The quantitative estimate of drug-likeness (QED) is 0.280. The number of hydrogen-bond donors (Lipinski definition) is 1. The summed E-state index contributed by atoms with van der Waals surface area (Å²) < 4.78 is 0. The van der Waals surface area contributed by atoms with E-state index in [1.165, 1.54) is 43.8 Å². The predicted octanol–water partition coefficient (Wildman–Crippen LogP) is 9.07. The first kappa shape index (κ1) is 19.3. The molecule has 33 heavy (non-hydrogen) atoms. The van der Waals surface area contributed by atoms with E-state index in [4.69, 9.17) is 0 Å². The molecule has 0 spiro atoms. The molecule has 0 aliphatic carbocycles. The van der Waals surface area contributed by atoms with E-state index in [2.05, 4.69) is 139 Å². The van der Waals surface area contributed by atoms with Gasteiger partial charge in [0.25, 0.3) is 0 Å². The lowest BCUT2D eigenvalue weighted by Crippen LogP contribution is -1.94. The summed E-state index contributed by atoms with van der Waals surface area (Å²) in [6.07, 6.45) is 0. The van der Waals surface area contributed by atoms with Crippen molar-refractivity contribution in [2.75, 3.05) is 5.32 Å². The normalized spacial score (nSPS) is 11.0. The molecule has 0 unspecified atom stereocenters. The molecule has 156 valence electrons. The zero-order valence-corrected chi connectivity index (χ0v) is 18.2. The van der Waals surface area contributed by atoms with Crippen molar-refractivity contribution in [1.82, 2.24) is 0 Å². The molecule has 0 fully saturated rings. The predicted molar refractivity (Wildman–Crippen MR) is 142 cm³/mol. The summed E-state index contributed by atoms with van der Waals surface area (Å²) in [5.41, 5.74) is 7.08. The lowest BCUT2D eigenvalue weighted by molar-refractivity contribution is 1.54. The first-order valence-electron chi connectivity index (χ1n) is 11.3. The molecule has 6 aromatic carbocycles. The van der Waals surface area contributed by atoms with Crippen LogP contribution in [0.25, 0.3) is 43.8 Å². The fraction of sp³-hybridized carbons (Fsp3) is 0. The van der Waals surface area contributed by atoms with Crippen LogP contribution in [0, 0.1) is 0 Å². The largest absolute Gasteiger partial charge is 0.355 e. The van der Waals surface area contributed by atoms with Gasteiger partial charge in [-0.1, -0.05) is 115 Å². The van der Waals surface area contributed by atoms with E-state index in [0.717, 1.165) is 11.4 Å². The number of hydrogen-bond acceptors (Lipinski definition) is 1. The molecule has 0 radical (unpaired) electrons. The minimum atomic E-state index is 1.08. The van der Waals surface area contributed by atoms with Gasteiger partial charge in [0.2, 0.25) is 0 Å². The average molecular weight is 422 g/mol. The Morgan fingerprint density at radius 1 is 0.394 bits per heavy atom. The van der Waals surface area contributed by atoms with Crippen LogP contribution in [0.2, 0.25) is 0 Å². The van der Waals surface area contributed by atoms with Gasteiger partial charge in [0.15, 0.2) is 0 Å². The minimum absolute atomic E-state index is 1.08. The highest BCUT2D eigenvalue weighted by atomic mass is 14.9. The number of benzene rings is 6. The van der Waals surface area contributed by atoms with Gasteiger partial charge in [-0.25, -0.2) is 0 Å². The van der Waals surface area contributed by atoms with Crippen LogP contribution in [0.1, 0.15) is 0 Å². The van der Waals surface area contributed by atoms with Gasteiger partial charge in [-0.2, -0.15) is 0 Å². The van der Waals surface area contributed by atoms with Crippen molar-refractivity contribution in [3.63, 3.8) is 0 Å². The van der Waals surface area contributed by atoms with Gasteiger partial charge in [0, 0.05) is 16.8 Å². The van der Waals surface area contributed by atoms with E-state index in [0.29, 0.717) is 0 Å². The molecule has 0 aliphatic heterocycles. The molecule has 0 bridgehead atoms. The third-order valence-electron chi connectivity index (χ3n) is 6.24. The number of rotatable bonds is 4.